The predicted molar refractivity (Wildman–Crippen MR) is 67.5 cm³/mol. The van der Waals surface area contributed by atoms with E-state index >= 15 is 0 Å². The fourth-order valence-corrected chi connectivity index (χ4v) is 1.83. The standard InChI is InChI=1S/C13H14N2O3/c1-3-10-11(13(17)18)12(16)15(14-10)9-6-4-8(2)5-7-9/h4-7,14H,3H2,1-2H3,(H,17,18). The Morgan fingerprint density at radius 2 is 1.94 bits per heavy atom. The van der Waals surface area contributed by atoms with Crippen molar-refractivity contribution in [2.24, 2.45) is 0 Å². The Bertz CT molecular complexity index is 635. The molecule has 5 heteroatoms. The summed E-state index contributed by atoms with van der Waals surface area (Å²) in [6, 6.07) is 7.29. The Kier molecular flexibility index (Phi) is 3.06. The van der Waals surface area contributed by atoms with E-state index in [1.807, 2.05) is 19.1 Å². The van der Waals surface area contributed by atoms with Crippen molar-refractivity contribution in [3.05, 3.63) is 51.4 Å². The van der Waals surface area contributed by atoms with E-state index in [2.05, 4.69) is 5.10 Å². The van der Waals surface area contributed by atoms with Crippen LogP contribution in [-0.4, -0.2) is 20.9 Å². The van der Waals surface area contributed by atoms with Crippen LogP contribution in [0.1, 0.15) is 28.5 Å². The summed E-state index contributed by atoms with van der Waals surface area (Å²) in [5, 5.41) is 11.9. The zero-order chi connectivity index (χ0) is 13.3. The average molecular weight is 246 g/mol. The van der Waals surface area contributed by atoms with Crippen LogP contribution in [0.3, 0.4) is 0 Å². The smallest absolute Gasteiger partial charge is 0.343 e. The highest BCUT2D eigenvalue weighted by molar-refractivity contribution is 5.88. The van der Waals surface area contributed by atoms with Gasteiger partial charge in [-0.3, -0.25) is 9.89 Å². The molecular weight excluding hydrogens is 232 g/mol. The minimum atomic E-state index is -1.20. The summed E-state index contributed by atoms with van der Waals surface area (Å²) in [6.07, 6.45) is 0.468. The first kappa shape index (κ1) is 12.2. The largest absolute Gasteiger partial charge is 0.477 e. The summed E-state index contributed by atoms with van der Waals surface area (Å²) in [6.45, 7) is 3.75. The Balaban J connectivity index is 2.63. The van der Waals surface area contributed by atoms with E-state index in [-0.39, 0.29) is 5.56 Å². The Labute approximate surface area is 104 Å². The van der Waals surface area contributed by atoms with Gasteiger partial charge >= 0.3 is 5.97 Å². The van der Waals surface area contributed by atoms with E-state index in [9.17, 15) is 9.59 Å². The quantitative estimate of drug-likeness (QED) is 0.866. The number of nitrogens with zero attached hydrogens (tertiary/aromatic N) is 1. The van der Waals surface area contributed by atoms with Crippen molar-refractivity contribution in [3.8, 4) is 5.69 Å². The molecule has 0 unspecified atom stereocenters. The first-order valence-electron chi connectivity index (χ1n) is 5.68. The van der Waals surface area contributed by atoms with Crippen molar-refractivity contribution in [1.29, 1.82) is 0 Å². The Morgan fingerprint density at radius 1 is 1.33 bits per heavy atom. The number of aromatic nitrogens is 2. The van der Waals surface area contributed by atoms with Gasteiger partial charge in [-0.2, -0.15) is 0 Å². The van der Waals surface area contributed by atoms with Gasteiger partial charge in [-0.05, 0) is 25.5 Å². The van der Waals surface area contributed by atoms with E-state index in [0.717, 1.165) is 5.56 Å². The summed E-state index contributed by atoms with van der Waals surface area (Å²) in [5.41, 5.74) is 1.44. The average Bonchev–Trinajstić information content (AvgIpc) is 2.67. The number of aromatic carboxylic acids is 1. The Morgan fingerprint density at radius 3 is 2.39 bits per heavy atom. The number of aryl methyl sites for hydroxylation is 2. The topological polar surface area (TPSA) is 75.1 Å². The van der Waals surface area contributed by atoms with Crippen LogP contribution in [0.25, 0.3) is 5.69 Å². The molecule has 0 radical (unpaired) electrons. The van der Waals surface area contributed by atoms with E-state index < -0.39 is 11.5 Å². The minimum Gasteiger partial charge on any atom is -0.477 e. The molecule has 2 N–H and O–H groups in total. The number of nitrogens with one attached hydrogen (secondary N) is 1. The van der Waals surface area contributed by atoms with Crippen LogP contribution < -0.4 is 5.56 Å². The van der Waals surface area contributed by atoms with Crippen molar-refractivity contribution in [1.82, 2.24) is 9.78 Å². The van der Waals surface area contributed by atoms with Gasteiger partial charge in [-0.25, -0.2) is 9.48 Å². The van der Waals surface area contributed by atoms with Gasteiger partial charge < -0.3 is 5.11 Å². The van der Waals surface area contributed by atoms with Crippen molar-refractivity contribution in [2.75, 3.05) is 0 Å². The number of aromatic amines is 1. The van der Waals surface area contributed by atoms with Crippen molar-refractivity contribution >= 4 is 5.97 Å². The lowest BCUT2D eigenvalue weighted by atomic mass is 10.2. The molecular formula is C13H14N2O3. The number of H-pyrrole nitrogens is 1. The summed E-state index contributed by atoms with van der Waals surface area (Å²) in [4.78, 5) is 23.1. The molecule has 0 saturated heterocycles. The lowest BCUT2D eigenvalue weighted by molar-refractivity contribution is 0.0694. The molecule has 2 rings (SSSR count). The summed E-state index contributed by atoms with van der Waals surface area (Å²) in [7, 11) is 0. The molecule has 0 saturated carbocycles. The van der Waals surface area contributed by atoms with Gasteiger partial charge in [-0.15, -0.1) is 0 Å². The number of hydrogen-bond acceptors (Lipinski definition) is 2. The van der Waals surface area contributed by atoms with Gasteiger partial charge in [0.15, 0.2) is 0 Å². The lowest BCUT2D eigenvalue weighted by Gasteiger charge is -2.01. The lowest BCUT2D eigenvalue weighted by Crippen LogP contribution is -2.20. The van der Waals surface area contributed by atoms with Crippen LogP contribution in [0.5, 0.6) is 0 Å². The van der Waals surface area contributed by atoms with E-state index in [1.54, 1.807) is 19.1 Å². The van der Waals surface area contributed by atoms with Crippen molar-refractivity contribution < 1.29 is 9.90 Å². The molecule has 0 aliphatic carbocycles. The maximum absolute atomic E-state index is 12.0. The second-order valence-corrected chi connectivity index (χ2v) is 4.10. The van der Waals surface area contributed by atoms with Gasteiger partial charge in [-0.1, -0.05) is 24.6 Å². The monoisotopic (exact) mass is 246 g/mol. The highest BCUT2D eigenvalue weighted by Gasteiger charge is 2.19. The Hall–Kier alpha value is -2.30. The van der Waals surface area contributed by atoms with Crippen LogP contribution in [0.4, 0.5) is 0 Å². The van der Waals surface area contributed by atoms with Crippen LogP contribution in [0, 0.1) is 6.92 Å². The molecule has 5 nitrogen and oxygen atoms in total. The molecule has 0 aliphatic heterocycles. The molecule has 1 heterocycles. The summed E-state index contributed by atoms with van der Waals surface area (Å²) in [5.74, 6) is -1.20. The molecule has 0 fully saturated rings. The first-order chi connectivity index (χ1) is 8.54. The number of carboxylic acids is 1. The molecule has 0 atom stereocenters. The van der Waals surface area contributed by atoms with Crippen LogP contribution in [0.15, 0.2) is 29.1 Å². The maximum Gasteiger partial charge on any atom is 0.343 e. The molecule has 0 aliphatic rings. The minimum absolute atomic E-state index is 0.182. The SMILES string of the molecule is CCc1[nH]n(-c2ccc(C)cc2)c(=O)c1C(=O)O. The molecule has 1 aromatic carbocycles. The third-order valence-electron chi connectivity index (χ3n) is 2.83. The van der Waals surface area contributed by atoms with Gasteiger partial charge in [0.05, 0.1) is 11.4 Å². The van der Waals surface area contributed by atoms with Gasteiger partial charge in [0.1, 0.15) is 5.56 Å². The van der Waals surface area contributed by atoms with E-state index in [1.165, 1.54) is 4.68 Å². The normalized spacial score (nSPS) is 10.6. The number of carbonyl (C=O) groups is 1. The highest BCUT2D eigenvalue weighted by Crippen LogP contribution is 2.09. The molecule has 0 spiro atoms. The van der Waals surface area contributed by atoms with Crippen molar-refractivity contribution in [3.63, 3.8) is 0 Å². The third-order valence-corrected chi connectivity index (χ3v) is 2.83. The van der Waals surface area contributed by atoms with Gasteiger partial charge in [0, 0.05) is 0 Å². The molecule has 18 heavy (non-hydrogen) atoms. The summed E-state index contributed by atoms with van der Waals surface area (Å²) < 4.78 is 1.27. The first-order valence-corrected chi connectivity index (χ1v) is 5.68. The van der Waals surface area contributed by atoms with Crippen molar-refractivity contribution in [2.45, 2.75) is 20.3 Å². The van der Waals surface area contributed by atoms with Crippen LogP contribution in [-0.2, 0) is 6.42 Å². The predicted octanol–water partition coefficient (Wildman–Crippen LogP) is 1.73. The number of carboxylic acid groups (broad SMARTS) is 1. The fourth-order valence-electron chi connectivity index (χ4n) is 1.83. The third kappa shape index (κ3) is 1.95. The summed E-state index contributed by atoms with van der Waals surface area (Å²) >= 11 is 0. The van der Waals surface area contributed by atoms with E-state index in [0.29, 0.717) is 17.8 Å². The second kappa shape index (κ2) is 4.52. The van der Waals surface area contributed by atoms with Gasteiger partial charge in [0.2, 0.25) is 0 Å². The number of benzene rings is 1. The van der Waals surface area contributed by atoms with Crippen LogP contribution in [0.2, 0.25) is 0 Å². The molecule has 2 aromatic rings. The zero-order valence-corrected chi connectivity index (χ0v) is 10.2. The second-order valence-electron chi connectivity index (χ2n) is 4.10. The number of rotatable bonds is 3. The molecule has 1 aromatic heterocycles. The maximum atomic E-state index is 12.0. The molecule has 94 valence electrons. The molecule has 0 amide bonds. The molecule has 0 bridgehead atoms. The zero-order valence-electron chi connectivity index (χ0n) is 10.2. The van der Waals surface area contributed by atoms with E-state index in [4.69, 9.17) is 5.11 Å². The fraction of sp³-hybridized carbons (Fsp3) is 0.231. The number of hydrogen-bond donors (Lipinski definition) is 2. The highest BCUT2D eigenvalue weighted by atomic mass is 16.4. The van der Waals surface area contributed by atoms with Gasteiger partial charge in [0.25, 0.3) is 5.56 Å². The van der Waals surface area contributed by atoms with Crippen LogP contribution >= 0.6 is 0 Å².